The van der Waals surface area contributed by atoms with E-state index in [1.54, 1.807) is 11.7 Å². The van der Waals surface area contributed by atoms with Crippen LogP contribution in [0.25, 0.3) is 11.2 Å². The minimum Gasteiger partial charge on any atom is -0.497 e. The zero-order valence-electron chi connectivity index (χ0n) is 26.5. The summed E-state index contributed by atoms with van der Waals surface area (Å²) in [6, 6.07) is 7.41. The van der Waals surface area contributed by atoms with Crippen molar-refractivity contribution in [2.24, 2.45) is 11.8 Å². The Bertz CT molecular complexity index is 1440. The number of hydrogen-bond acceptors (Lipinski definition) is 18. The van der Waals surface area contributed by atoms with Gasteiger partial charge < -0.3 is 38.7 Å². The van der Waals surface area contributed by atoms with Gasteiger partial charge >= 0.3 is 19.9 Å². The fraction of sp³-hybridized carbons (Fsp3) is 0.519. The lowest BCUT2D eigenvalue weighted by Gasteiger charge is -2.16. The van der Waals surface area contributed by atoms with Crippen LogP contribution >= 0.6 is 19.4 Å². The molecular weight excluding hydrogens is 665 g/mol. The van der Waals surface area contributed by atoms with E-state index >= 15 is 0 Å². The van der Waals surface area contributed by atoms with Gasteiger partial charge in [0.1, 0.15) is 16.3 Å². The smallest absolute Gasteiger partial charge is 0.497 e. The lowest BCUT2D eigenvalue weighted by atomic mass is 10.2. The van der Waals surface area contributed by atoms with Crippen LogP contribution in [-0.2, 0) is 53.9 Å². The van der Waals surface area contributed by atoms with Crippen LogP contribution < -0.4 is 10.5 Å². The molecule has 0 spiro atoms. The molecule has 0 aliphatic rings. The third-order valence-electron chi connectivity index (χ3n) is 5.30. The molecular formula is C27H38N5O13PS. The second-order valence-electron chi connectivity index (χ2n) is 10.2. The number of anilines is 1. The van der Waals surface area contributed by atoms with E-state index in [1.807, 2.05) is 52.0 Å². The van der Waals surface area contributed by atoms with Gasteiger partial charge in [-0.25, -0.2) is 19.6 Å². The molecule has 3 aromatic rings. The number of fused-ring (bicyclic) bond motifs is 1. The highest BCUT2D eigenvalue weighted by atomic mass is 32.2. The van der Waals surface area contributed by atoms with E-state index < -0.39 is 39.8 Å². The largest absolute Gasteiger partial charge is 0.510 e. The number of ether oxygens (including phenoxy) is 6. The summed E-state index contributed by atoms with van der Waals surface area (Å²) in [4.78, 5) is 46.5. The maximum absolute atomic E-state index is 13.2. The highest BCUT2D eigenvalue weighted by molar-refractivity contribution is 7.99. The molecule has 18 nitrogen and oxygen atoms in total. The molecule has 0 bridgehead atoms. The van der Waals surface area contributed by atoms with E-state index in [9.17, 15) is 14.2 Å². The molecule has 0 saturated heterocycles. The predicted octanol–water partition coefficient (Wildman–Crippen LogP) is 5.17. The molecule has 3 rings (SSSR count). The average molecular weight is 704 g/mol. The summed E-state index contributed by atoms with van der Waals surface area (Å²) in [5.74, 6) is 0.924. The van der Waals surface area contributed by atoms with Gasteiger partial charge in [-0.15, -0.1) is 9.35 Å². The van der Waals surface area contributed by atoms with Crippen molar-refractivity contribution in [3.63, 3.8) is 0 Å². The summed E-state index contributed by atoms with van der Waals surface area (Å²) < 4.78 is 54.2. The molecule has 1 aromatic carbocycles. The van der Waals surface area contributed by atoms with E-state index in [2.05, 4.69) is 24.4 Å². The van der Waals surface area contributed by atoms with Crippen LogP contribution in [0.5, 0.6) is 5.75 Å². The van der Waals surface area contributed by atoms with Crippen molar-refractivity contribution < 1.29 is 61.7 Å². The molecule has 2 heterocycles. The van der Waals surface area contributed by atoms with Crippen LogP contribution in [0.15, 0.2) is 40.5 Å². The molecule has 0 radical (unpaired) electrons. The van der Waals surface area contributed by atoms with Gasteiger partial charge in [-0.1, -0.05) is 39.5 Å². The van der Waals surface area contributed by atoms with Crippen LogP contribution in [-0.4, -0.2) is 78.7 Å². The Balaban J connectivity index is 1.56. The van der Waals surface area contributed by atoms with Crippen LogP contribution in [0.3, 0.4) is 0 Å². The number of rotatable bonds is 20. The molecule has 20 heteroatoms. The van der Waals surface area contributed by atoms with Crippen LogP contribution in [0, 0.1) is 11.8 Å². The molecule has 0 atom stereocenters. The Morgan fingerprint density at radius 2 is 1.51 bits per heavy atom. The van der Waals surface area contributed by atoms with E-state index in [4.69, 9.17) is 43.8 Å². The zero-order chi connectivity index (χ0) is 34.2. The van der Waals surface area contributed by atoms with Crippen molar-refractivity contribution in [2.45, 2.75) is 44.2 Å². The van der Waals surface area contributed by atoms with Gasteiger partial charge in [0.25, 0.3) is 0 Å². The molecule has 260 valence electrons. The van der Waals surface area contributed by atoms with Gasteiger partial charge in [-0.3, -0.25) is 4.57 Å². The Labute approximate surface area is 274 Å². The quantitative estimate of drug-likeness (QED) is 0.0306. The number of hydrogen-bond donors (Lipinski definition) is 1. The van der Waals surface area contributed by atoms with Crippen molar-refractivity contribution in [3.05, 3.63) is 30.6 Å². The predicted molar refractivity (Wildman–Crippen MR) is 164 cm³/mol. The van der Waals surface area contributed by atoms with Crippen molar-refractivity contribution in [2.75, 3.05) is 52.6 Å². The number of carbonyl (C=O) groups is 2. The Hall–Kier alpha value is -3.71. The van der Waals surface area contributed by atoms with Crippen molar-refractivity contribution in [1.29, 1.82) is 0 Å². The van der Waals surface area contributed by atoms with Gasteiger partial charge in [0.2, 0.25) is 19.5 Å². The maximum Gasteiger partial charge on any atom is 0.510 e. The molecule has 0 saturated carbocycles. The highest BCUT2D eigenvalue weighted by Gasteiger charge is 2.30. The molecule has 0 fully saturated rings. The highest BCUT2D eigenvalue weighted by Crippen LogP contribution is 2.48. The second-order valence-corrected chi connectivity index (χ2v) is 13.1. The first kappa shape index (κ1) is 37.7. The summed E-state index contributed by atoms with van der Waals surface area (Å²) in [6.45, 7) is 6.18. The number of carbonyl (C=O) groups excluding carboxylic acids is 2. The van der Waals surface area contributed by atoms with E-state index in [1.165, 1.54) is 18.1 Å². The number of nitrogens with zero attached hydrogens (tertiary/aromatic N) is 4. The first-order chi connectivity index (χ1) is 22.5. The number of benzene rings is 1. The van der Waals surface area contributed by atoms with Crippen LogP contribution in [0.4, 0.5) is 15.5 Å². The lowest BCUT2D eigenvalue weighted by molar-refractivity contribution is -0.308. The number of aromatic nitrogens is 4. The summed E-state index contributed by atoms with van der Waals surface area (Å²) >= 11 is 1.36. The summed E-state index contributed by atoms with van der Waals surface area (Å²) in [6.07, 6.45) is -1.21. The monoisotopic (exact) mass is 703 g/mol. The maximum atomic E-state index is 13.2. The van der Waals surface area contributed by atoms with Crippen LogP contribution in [0.2, 0.25) is 0 Å². The molecule has 0 aliphatic heterocycles. The van der Waals surface area contributed by atoms with Gasteiger partial charge in [0.15, 0.2) is 12.0 Å². The molecule has 2 aromatic heterocycles. The Morgan fingerprint density at radius 1 is 0.915 bits per heavy atom. The first-order valence-corrected chi connectivity index (χ1v) is 16.7. The first-order valence-electron chi connectivity index (χ1n) is 14.2. The SMILES string of the molecule is COc1ccc(Sc2nc(N)nc3c2ncn3CCOCP(=O)(OOCOC(=O)OCC(C)C)OOCOC(=O)OCC(C)C)cc1. The summed E-state index contributed by atoms with van der Waals surface area (Å²) in [5.41, 5.74) is 6.93. The van der Waals surface area contributed by atoms with Gasteiger partial charge in [0.05, 0.1) is 33.3 Å². The van der Waals surface area contributed by atoms with Crippen molar-refractivity contribution >= 4 is 48.8 Å². The van der Waals surface area contributed by atoms with E-state index in [-0.39, 0.29) is 44.1 Å². The van der Waals surface area contributed by atoms with Crippen LogP contribution in [0.1, 0.15) is 27.7 Å². The molecule has 0 unspecified atom stereocenters. The fourth-order valence-corrected chi connectivity index (χ4v) is 4.97. The Kier molecular flexibility index (Phi) is 15.4. The summed E-state index contributed by atoms with van der Waals surface area (Å²) in [7, 11) is -2.74. The second kappa shape index (κ2) is 19.2. The third-order valence-corrected chi connectivity index (χ3v) is 7.45. The third kappa shape index (κ3) is 13.5. The normalized spacial score (nSPS) is 11.6. The van der Waals surface area contributed by atoms with Crippen molar-refractivity contribution in [3.8, 4) is 5.75 Å². The van der Waals surface area contributed by atoms with Gasteiger partial charge in [0, 0.05) is 11.4 Å². The topological polar surface area (TPSA) is 213 Å². The molecule has 2 N–H and O–H groups in total. The Morgan fingerprint density at radius 3 is 2.06 bits per heavy atom. The van der Waals surface area contributed by atoms with E-state index in [0.29, 0.717) is 16.2 Å². The standard InChI is InChI=1S/C27H38N5O13PS/c1-18(2)12-38-26(33)40-15-42-44-46(35,45-43-16-41-27(34)39-13-19(3)4)17-37-11-10-32-14-29-22-23(32)30-25(28)31-24(22)47-21-8-6-20(36-5)7-9-21/h6-9,14,18-19H,10-13,15-17H2,1-5H3,(H2,28,30,31). The fourth-order valence-electron chi connectivity index (χ4n) is 3.22. The number of nitrogen functional groups attached to an aromatic ring is 1. The minimum atomic E-state index is -4.33. The van der Waals surface area contributed by atoms with Gasteiger partial charge in [-0.2, -0.15) is 14.8 Å². The number of imidazole rings is 1. The van der Waals surface area contributed by atoms with Gasteiger partial charge in [-0.05, 0) is 36.1 Å². The number of nitrogens with two attached hydrogens (primary N) is 1. The molecule has 0 aliphatic carbocycles. The average Bonchev–Trinajstić information content (AvgIpc) is 3.44. The summed E-state index contributed by atoms with van der Waals surface area (Å²) in [5, 5.41) is 0.545. The number of methoxy groups -OCH3 is 1. The van der Waals surface area contributed by atoms with Crippen molar-refractivity contribution in [1.82, 2.24) is 19.5 Å². The minimum absolute atomic E-state index is 0.0386. The van der Waals surface area contributed by atoms with E-state index in [0.717, 1.165) is 10.6 Å². The molecule has 0 amide bonds. The zero-order valence-corrected chi connectivity index (χ0v) is 28.2. The lowest BCUT2D eigenvalue weighted by Crippen LogP contribution is -2.16. The molecule has 47 heavy (non-hydrogen) atoms.